The zero-order valence-corrected chi connectivity index (χ0v) is 25.6. The van der Waals surface area contributed by atoms with Crippen LogP contribution in [0.15, 0.2) is 58.3 Å². The lowest BCUT2D eigenvalue weighted by Gasteiger charge is -2.31. The summed E-state index contributed by atoms with van der Waals surface area (Å²) < 4.78 is 60.5. The summed E-state index contributed by atoms with van der Waals surface area (Å²) in [6, 6.07) is 9.10. The van der Waals surface area contributed by atoms with Crippen LogP contribution < -0.4 is 11.1 Å². The number of benzene rings is 2. The van der Waals surface area contributed by atoms with Gasteiger partial charge in [0.05, 0.1) is 16.3 Å². The summed E-state index contributed by atoms with van der Waals surface area (Å²) in [4.78, 5) is 39.5. The Labute approximate surface area is 247 Å². The molecule has 0 radical (unpaired) electrons. The molecule has 3 N–H and O–H groups in total. The predicted molar refractivity (Wildman–Crippen MR) is 155 cm³/mol. The number of sulfonamides is 2. The Hall–Kier alpha value is -3.17. The van der Waals surface area contributed by atoms with E-state index in [0.29, 0.717) is 34.4 Å². The van der Waals surface area contributed by atoms with Gasteiger partial charge >= 0.3 is 11.9 Å². The molecule has 230 valence electrons. The van der Waals surface area contributed by atoms with Gasteiger partial charge in [-0.1, -0.05) is 35.4 Å². The highest BCUT2D eigenvalue weighted by atomic mass is 32.2. The topological polar surface area (TPSA) is 173 Å². The van der Waals surface area contributed by atoms with Gasteiger partial charge < -0.3 is 15.8 Å². The molecule has 2 atom stereocenters. The Morgan fingerprint density at radius 1 is 0.929 bits per heavy atom. The van der Waals surface area contributed by atoms with E-state index < -0.39 is 56.5 Å². The summed E-state index contributed by atoms with van der Waals surface area (Å²) >= 11 is 0. The van der Waals surface area contributed by atoms with Crippen molar-refractivity contribution in [2.45, 2.75) is 67.8 Å². The number of carbonyl (C=O) groups excluding carboxylic acids is 3. The number of ether oxygens (including phenoxy) is 1. The predicted octanol–water partition coefficient (Wildman–Crippen LogP) is 1.46. The Bertz CT molecular complexity index is 1470. The van der Waals surface area contributed by atoms with Crippen LogP contribution in [0, 0.1) is 13.8 Å². The molecule has 1 aliphatic rings. The van der Waals surface area contributed by atoms with Crippen molar-refractivity contribution in [3.8, 4) is 0 Å². The van der Waals surface area contributed by atoms with E-state index in [-0.39, 0.29) is 29.2 Å². The van der Waals surface area contributed by atoms with Gasteiger partial charge in [0.2, 0.25) is 10.0 Å². The van der Waals surface area contributed by atoms with Gasteiger partial charge in [0.15, 0.2) is 0 Å². The Kier molecular flexibility index (Phi) is 11.4. The molecular weight excluding hydrogens is 584 g/mol. The highest BCUT2D eigenvalue weighted by Crippen LogP contribution is 2.25. The molecule has 42 heavy (non-hydrogen) atoms. The van der Waals surface area contributed by atoms with E-state index in [0.717, 1.165) is 18.2 Å². The van der Waals surface area contributed by atoms with Crippen LogP contribution in [0.5, 0.6) is 0 Å². The van der Waals surface area contributed by atoms with E-state index in [4.69, 9.17) is 10.5 Å². The largest absolute Gasteiger partial charge is 0.390 e. The van der Waals surface area contributed by atoms with Gasteiger partial charge in [0.25, 0.3) is 15.9 Å². The number of carbonyl (C=O) groups is 3. The first-order valence-electron chi connectivity index (χ1n) is 13.6. The molecule has 0 aliphatic carbocycles. The lowest BCUT2D eigenvalue weighted by atomic mass is 10.1. The molecule has 14 heteroatoms. The third-order valence-corrected chi connectivity index (χ3v) is 10.6. The SMILES string of the molecule is Cc1ccc(S(=O)(=O)N(C)CC(=O)N([C@@H](CCCCN)C(=O)OC(=O)[C@@H]2CCCN2)S(=O)(=O)c2ccc(C)cc2)cc1. The summed E-state index contributed by atoms with van der Waals surface area (Å²) in [5, 5.41) is 2.91. The van der Waals surface area contributed by atoms with Crippen molar-refractivity contribution >= 4 is 37.9 Å². The molecule has 1 fully saturated rings. The minimum atomic E-state index is -4.71. The van der Waals surface area contributed by atoms with Crippen molar-refractivity contribution in [3.05, 3.63) is 59.7 Å². The highest BCUT2D eigenvalue weighted by molar-refractivity contribution is 7.90. The molecule has 0 saturated carbocycles. The first-order valence-corrected chi connectivity index (χ1v) is 16.5. The van der Waals surface area contributed by atoms with Gasteiger partial charge in [-0.25, -0.2) is 30.7 Å². The number of nitrogens with one attached hydrogen (secondary N) is 1. The van der Waals surface area contributed by atoms with E-state index in [1.807, 2.05) is 0 Å². The van der Waals surface area contributed by atoms with E-state index >= 15 is 0 Å². The number of hydrogen-bond acceptors (Lipinski definition) is 10. The summed E-state index contributed by atoms with van der Waals surface area (Å²) in [6.45, 7) is 3.43. The fourth-order valence-electron chi connectivity index (χ4n) is 4.47. The van der Waals surface area contributed by atoms with Gasteiger partial charge in [-0.05, 0) is 83.3 Å². The maximum absolute atomic E-state index is 14.0. The number of esters is 2. The lowest BCUT2D eigenvalue weighted by Crippen LogP contribution is -2.53. The molecule has 0 bridgehead atoms. The first kappa shape index (κ1) is 33.3. The molecule has 2 aromatic carbocycles. The highest BCUT2D eigenvalue weighted by Gasteiger charge is 2.42. The molecule has 0 aromatic heterocycles. The maximum atomic E-state index is 14.0. The van der Waals surface area contributed by atoms with Crippen LogP contribution in [0.25, 0.3) is 0 Å². The fourth-order valence-corrected chi connectivity index (χ4v) is 7.15. The van der Waals surface area contributed by atoms with Gasteiger partial charge in [-0.3, -0.25) is 4.79 Å². The van der Waals surface area contributed by atoms with Crippen LogP contribution in [-0.2, 0) is 39.2 Å². The number of aryl methyl sites for hydroxylation is 2. The second-order valence-electron chi connectivity index (χ2n) is 10.3. The molecule has 2 aromatic rings. The molecule has 0 spiro atoms. The Morgan fingerprint density at radius 2 is 1.48 bits per heavy atom. The van der Waals surface area contributed by atoms with E-state index in [9.17, 15) is 31.2 Å². The van der Waals surface area contributed by atoms with Crippen molar-refractivity contribution < 1.29 is 36.0 Å². The smallest absolute Gasteiger partial charge is 0.337 e. The molecule has 1 amide bonds. The second kappa shape index (κ2) is 14.3. The van der Waals surface area contributed by atoms with Gasteiger partial charge in [-0.2, -0.15) is 4.31 Å². The standard InChI is InChI=1S/C28H38N4O8S2/c1-20-9-13-22(14-10-20)41(36,37)31(3)19-26(33)32(42(38,39)23-15-11-21(2)12-16-23)25(8-4-5-17-29)28(35)40-27(34)24-7-6-18-30-24/h9-16,24-25,30H,4-8,17-19,29H2,1-3H3/t24-,25-/m0/s1. The summed E-state index contributed by atoms with van der Waals surface area (Å²) in [5.74, 6) is -3.28. The second-order valence-corrected chi connectivity index (χ2v) is 14.1. The number of nitrogens with zero attached hydrogens (tertiary/aromatic N) is 2. The molecule has 0 unspecified atom stereocenters. The quantitative estimate of drug-likeness (QED) is 0.189. The average Bonchev–Trinajstić information content (AvgIpc) is 3.48. The minimum absolute atomic E-state index is 0.0927. The summed E-state index contributed by atoms with van der Waals surface area (Å²) in [7, 11) is -7.77. The van der Waals surface area contributed by atoms with Crippen LogP contribution in [0.3, 0.4) is 0 Å². The number of unbranched alkanes of at least 4 members (excludes halogenated alkanes) is 1. The van der Waals surface area contributed by atoms with E-state index in [2.05, 4.69) is 5.32 Å². The molecule has 1 saturated heterocycles. The number of likely N-dealkylation sites (N-methyl/N-ethyl adjacent to an activating group) is 1. The van der Waals surface area contributed by atoms with Crippen LogP contribution >= 0.6 is 0 Å². The monoisotopic (exact) mass is 622 g/mol. The lowest BCUT2D eigenvalue weighted by molar-refractivity contribution is -0.165. The summed E-state index contributed by atoms with van der Waals surface area (Å²) in [6.07, 6.45) is 1.58. The van der Waals surface area contributed by atoms with Gasteiger partial charge in [0.1, 0.15) is 12.1 Å². The number of amides is 1. The first-order chi connectivity index (χ1) is 19.8. The van der Waals surface area contributed by atoms with Crippen molar-refractivity contribution in [2.75, 3.05) is 26.7 Å². The molecule has 1 heterocycles. The van der Waals surface area contributed by atoms with Gasteiger partial charge in [0, 0.05) is 7.05 Å². The van der Waals surface area contributed by atoms with Crippen LogP contribution in [0.4, 0.5) is 0 Å². The van der Waals surface area contributed by atoms with Crippen molar-refractivity contribution in [2.24, 2.45) is 5.73 Å². The zero-order chi connectivity index (χ0) is 31.1. The van der Waals surface area contributed by atoms with Gasteiger partial charge in [-0.15, -0.1) is 0 Å². The molecule has 3 rings (SSSR count). The Morgan fingerprint density at radius 3 is 1.98 bits per heavy atom. The minimum Gasteiger partial charge on any atom is -0.390 e. The number of nitrogens with two attached hydrogens (primary N) is 1. The zero-order valence-electron chi connectivity index (χ0n) is 24.0. The van der Waals surface area contributed by atoms with Crippen molar-refractivity contribution in [1.29, 1.82) is 0 Å². The van der Waals surface area contributed by atoms with Crippen LogP contribution in [0.1, 0.15) is 43.2 Å². The third kappa shape index (κ3) is 8.01. The molecular formula is C28H38N4O8S2. The fraction of sp³-hybridized carbons (Fsp3) is 0.464. The molecule has 12 nitrogen and oxygen atoms in total. The van der Waals surface area contributed by atoms with Crippen LogP contribution in [0.2, 0.25) is 0 Å². The average molecular weight is 623 g/mol. The van der Waals surface area contributed by atoms with E-state index in [1.165, 1.54) is 36.4 Å². The molecule has 1 aliphatic heterocycles. The van der Waals surface area contributed by atoms with Crippen LogP contribution in [-0.4, -0.2) is 82.1 Å². The normalized spacial score (nSPS) is 16.3. The third-order valence-electron chi connectivity index (χ3n) is 6.94. The van der Waals surface area contributed by atoms with Crippen molar-refractivity contribution in [1.82, 2.24) is 13.9 Å². The van der Waals surface area contributed by atoms with E-state index in [1.54, 1.807) is 26.0 Å². The maximum Gasteiger partial charge on any atom is 0.337 e. The summed E-state index contributed by atoms with van der Waals surface area (Å²) in [5.41, 5.74) is 7.19. The Balaban J connectivity index is 2.02. The number of hydrogen-bond donors (Lipinski definition) is 2. The number of rotatable bonds is 13. The van der Waals surface area contributed by atoms with Crippen molar-refractivity contribution in [3.63, 3.8) is 0 Å².